The molecule has 122 valence electrons. The minimum Gasteiger partial charge on any atom is -0.484 e. The van der Waals surface area contributed by atoms with Crippen molar-refractivity contribution in [3.63, 3.8) is 0 Å². The average molecular weight is 331 g/mol. The van der Waals surface area contributed by atoms with Gasteiger partial charge in [-0.1, -0.05) is 18.2 Å². The Balaban J connectivity index is 1.36. The fourth-order valence-corrected chi connectivity index (χ4v) is 3.42. The van der Waals surface area contributed by atoms with Gasteiger partial charge in [0.1, 0.15) is 5.75 Å². The van der Waals surface area contributed by atoms with E-state index in [1.54, 1.807) is 11.3 Å². The number of para-hydroxylation sites is 1. The van der Waals surface area contributed by atoms with E-state index < -0.39 is 0 Å². The largest absolute Gasteiger partial charge is 0.484 e. The van der Waals surface area contributed by atoms with Gasteiger partial charge >= 0.3 is 0 Å². The highest BCUT2D eigenvalue weighted by Gasteiger charge is 2.15. The van der Waals surface area contributed by atoms with Crippen LogP contribution in [-0.2, 0) is 11.2 Å². The van der Waals surface area contributed by atoms with Crippen LogP contribution in [0.15, 0.2) is 35.7 Å². The highest BCUT2D eigenvalue weighted by atomic mass is 32.1. The van der Waals surface area contributed by atoms with Crippen molar-refractivity contribution >= 4 is 22.4 Å². The van der Waals surface area contributed by atoms with Crippen molar-refractivity contribution in [2.45, 2.75) is 19.3 Å². The number of hydrogen-bond donors (Lipinski definition) is 1. The summed E-state index contributed by atoms with van der Waals surface area (Å²) >= 11 is 1.69. The molecular formula is C17H21N3O2S. The zero-order valence-electron chi connectivity index (χ0n) is 13.0. The number of anilines is 1. The molecule has 23 heavy (non-hydrogen) atoms. The number of nitrogens with zero attached hydrogens (tertiary/aromatic N) is 2. The van der Waals surface area contributed by atoms with E-state index in [4.69, 9.17) is 4.74 Å². The Hall–Kier alpha value is -2.08. The fourth-order valence-electron chi connectivity index (χ4n) is 2.51. The topological polar surface area (TPSA) is 54.5 Å². The first-order chi connectivity index (χ1) is 11.3. The van der Waals surface area contributed by atoms with E-state index in [2.05, 4.69) is 20.6 Å². The monoisotopic (exact) mass is 331 g/mol. The van der Waals surface area contributed by atoms with Crippen LogP contribution in [0.1, 0.15) is 18.5 Å². The molecule has 1 aromatic heterocycles. The Morgan fingerprint density at radius 3 is 2.83 bits per heavy atom. The molecule has 6 heteroatoms. The van der Waals surface area contributed by atoms with Crippen LogP contribution < -0.4 is 15.0 Å². The van der Waals surface area contributed by atoms with E-state index in [-0.39, 0.29) is 12.5 Å². The van der Waals surface area contributed by atoms with Gasteiger partial charge in [0.15, 0.2) is 11.7 Å². The SMILES string of the molecule is O=C(COc1ccccc1)NCCc1csc(N2CCCC2)n1. The molecule has 0 unspecified atom stereocenters. The smallest absolute Gasteiger partial charge is 0.257 e. The molecule has 0 spiro atoms. The fraction of sp³-hybridized carbons (Fsp3) is 0.412. The lowest BCUT2D eigenvalue weighted by molar-refractivity contribution is -0.123. The molecule has 0 radical (unpaired) electrons. The third-order valence-electron chi connectivity index (χ3n) is 3.73. The molecule has 1 amide bonds. The van der Waals surface area contributed by atoms with E-state index in [0.717, 1.165) is 30.3 Å². The van der Waals surface area contributed by atoms with Gasteiger partial charge < -0.3 is 15.0 Å². The summed E-state index contributed by atoms with van der Waals surface area (Å²) in [5.74, 6) is 0.598. The molecule has 2 heterocycles. The predicted octanol–water partition coefficient (Wildman–Crippen LogP) is 2.48. The molecule has 1 fully saturated rings. The quantitative estimate of drug-likeness (QED) is 0.847. The molecule has 1 aromatic carbocycles. The van der Waals surface area contributed by atoms with Crippen LogP contribution >= 0.6 is 11.3 Å². The van der Waals surface area contributed by atoms with E-state index in [0.29, 0.717) is 12.3 Å². The highest BCUT2D eigenvalue weighted by Crippen LogP contribution is 2.24. The van der Waals surface area contributed by atoms with Gasteiger partial charge in [0, 0.05) is 31.4 Å². The summed E-state index contributed by atoms with van der Waals surface area (Å²) in [5, 5.41) is 6.06. The van der Waals surface area contributed by atoms with E-state index >= 15 is 0 Å². The number of benzene rings is 1. The molecule has 1 N–H and O–H groups in total. The summed E-state index contributed by atoms with van der Waals surface area (Å²) in [4.78, 5) is 18.7. The zero-order chi connectivity index (χ0) is 15.9. The lowest BCUT2D eigenvalue weighted by Gasteiger charge is -2.12. The normalized spacial score (nSPS) is 14.0. The first kappa shape index (κ1) is 15.8. The Kier molecular flexibility index (Phi) is 5.47. The van der Waals surface area contributed by atoms with Crippen molar-refractivity contribution in [1.82, 2.24) is 10.3 Å². The van der Waals surface area contributed by atoms with Gasteiger partial charge in [0.25, 0.3) is 5.91 Å². The molecule has 1 aliphatic rings. The lowest BCUT2D eigenvalue weighted by atomic mass is 10.3. The number of thiazole rings is 1. The van der Waals surface area contributed by atoms with Crippen molar-refractivity contribution in [2.24, 2.45) is 0 Å². The van der Waals surface area contributed by atoms with Crippen LogP contribution in [0.5, 0.6) is 5.75 Å². The first-order valence-corrected chi connectivity index (χ1v) is 8.83. The Labute approximate surface area is 140 Å². The summed E-state index contributed by atoms with van der Waals surface area (Å²) in [5.41, 5.74) is 1.04. The van der Waals surface area contributed by atoms with Crippen LogP contribution in [0.4, 0.5) is 5.13 Å². The number of aromatic nitrogens is 1. The standard InChI is InChI=1S/C17H21N3O2S/c21-16(12-22-15-6-2-1-3-7-15)18-9-8-14-13-23-17(19-14)20-10-4-5-11-20/h1-3,6-7,13H,4-5,8-12H2,(H,18,21). The summed E-state index contributed by atoms with van der Waals surface area (Å²) < 4.78 is 5.41. The molecule has 5 nitrogen and oxygen atoms in total. The van der Waals surface area contributed by atoms with Gasteiger partial charge in [0.05, 0.1) is 5.69 Å². The molecule has 0 atom stereocenters. The molecule has 1 aliphatic heterocycles. The zero-order valence-corrected chi connectivity index (χ0v) is 13.8. The second-order valence-electron chi connectivity index (χ2n) is 5.52. The van der Waals surface area contributed by atoms with E-state index in [1.165, 1.54) is 12.8 Å². The van der Waals surface area contributed by atoms with Gasteiger partial charge in [-0.3, -0.25) is 4.79 Å². The molecule has 2 aromatic rings. The van der Waals surface area contributed by atoms with E-state index in [1.807, 2.05) is 30.3 Å². The number of rotatable bonds is 7. The van der Waals surface area contributed by atoms with Gasteiger partial charge in [-0.15, -0.1) is 11.3 Å². The van der Waals surface area contributed by atoms with Crippen LogP contribution in [0, 0.1) is 0 Å². The number of hydrogen-bond acceptors (Lipinski definition) is 5. The number of carbonyl (C=O) groups excluding carboxylic acids is 1. The number of amides is 1. The van der Waals surface area contributed by atoms with Crippen molar-refractivity contribution < 1.29 is 9.53 Å². The summed E-state index contributed by atoms with van der Waals surface area (Å²) in [7, 11) is 0. The van der Waals surface area contributed by atoms with Crippen molar-refractivity contribution in [1.29, 1.82) is 0 Å². The van der Waals surface area contributed by atoms with Crippen LogP contribution in [-0.4, -0.2) is 37.1 Å². The van der Waals surface area contributed by atoms with Gasteiger partial charge in [-0.05, 0) is 25.0 Å². The maximum atomic E-state index is 11.8. The number of nitrogens with one attached hydrogen (secondary N) is 1. The molecular weight excluding hydrogens is 310 g/mol. The van der Waals surface area contributed by atoms with Crippen molar-refractivity contribution in [3.8, 4) is 5.75 Å². The van der Waals surface area contributed by atoms with Crippen molar-refractivity contribution in [2.75, 3.05) is 31.1 Å². The van der Waals surface area contributed by atoms with Gasteiger partial charge in [0.2, 0.25) is 0 Å². The summed E-state index contributed by atoms with van der Waals surface area (Å²) in [6.45, 7) is 2.85. The molecule has 0 bridgehead atoms. The average Bonchev–Trinajstić information content (AvgIpc) is 3.25. The first-order valence-electron chi connectivity index (χ1n) is 7.95. The second kappa shape index (κ2) is 7.97. The lowest BCUT2D eigenvalue weighted by Crippen LogP contribution is -2.30. The summed E-state index contributed by atoms with van der Waals surface area (Å²) in [6, 6.07) is 9.35. The second-order valence-corrected chi connectivity index (χ2v) is 6.35. The van der Waals surface area contributed by atoms with Crippen molar-refractivity contribution in [3.05, 3.63) is 41.4 Å². The Morgan fingerprint density at radius 2 is 2.04 bits per heavy atom. The Morgan fingerprint density at radius 1 is 1.26 bits per heavy atom. The predicted molar refractivity (Wildman–Crippen MR) is 92.2 cm³/mol. The molecule has 3 rings (SSSR count). The van der Waals surface area contributed by atoms with Crippen LogP contribution in [0.3, 0.4) is 0 Å². The highest BCUT2D eigenvalue weighted by molar-refractivity contribution is 7.13. The maximum Gasteiger partial charge on any atom is 0.257 e. The number of ether oxygens (including phenoxy) is 1. The minimum atomic E-state index is -0.108. The minimum absolute atomic E-state index is 0.0418. The Bertz CT molecular complexity index is 624. The van der Waals surface area contributed by atoms with Crippen LogP contribution in [0.25, 0.3) is 0 Å². The third-order valence-corrected chi connectivity index (χ3v) is 4.68. The van der Waals surface area contributed by atoms with E-state index in [9.17, 15) is 4.79 Å². The van der Waals surface area contributed by atoms with Crippen LogP contribution in [0.2, 0.25) is 0 Å². The molecule has 1 saturated heterocycles. The third kappa shape index (κ3) is 4.69. The maximum absolute atomic E-state index is 11.8. The number of carbonyl (C=O) groups is 1. The van der Waals surface area contributed by atoms with Gasteiger partial charge in [-0.2, -0.15) is 0 Å². The summed E-state index contributed by atoms with van der Waals surface area (Å²) in [6.07, 6.45) is 3.26. The van der Waals surface area contributed by atoms with Gasteiger partial charge in [-0.25, -0.2) is 4.98 Å². The molecule has 0 aliphatic carbocycles. The molecule has 0 saturated carbocycles.